The molecule has 1 heterocycles. The van der Waals surface area contributed by atoms with Crippen LogP contribution in [0.25, 0.3) is 0 Å². The largest absolute Gasteiger partial charge is 0.369 e. The fourth-order valence-corrected chi connectivity index (χ4v) is 1.15. The molecule has 0 amide bonds. The highest BCUT2D eigenvalue weighted by atomic mass is 16.7. The SMILES string of the molecule is CCCCOn1ccc[n+]1C(C)C. The Balaban J connectivity index is 2.50. The van der Waals surface area contributed by atoms with E-state index in [2.05, 4.69) is 25.5 Å². The van der Waals surface area contributed by atoms with Crippen molar-refractivity contribution in [2.24, 2.45) is 0 Å². The lowest BCUT2D eigenvalue weighted by Gasteiger charge is -2.05. The fraction of sp³-hybridized carbons (Fsp3) is 0.700. The van der Waals surface area contributed by atoms with Gasteiger partial charge in [-0.25, -0.2) is 0 Å². The van der Waals surface area contributed by atoms with Gasteiger partial charge in [0.15, 0.2) is 12.2 Å². The number of unbranched alkanes of at least 4 members (excludes halogenated alkanes) is 1. The van der Waals surface area contributed by atoms with E-state index in [9.17, 15) is 0 Å². The van der Waals surface area contributed by atoms with E-state index >= 15 is 0 Å². The summed E-state index contributed by atoms with van der Waals surface area (Å²) < 4.78 is 2.07. The third-order valence-corrected chi connectivity index (χ3v) is 1.93. The molecule has 3 nitrogen and oxygen atoms in total. The summed E-state index contributed by atoms with van der Waals surface area (Å²) >= 11 is 0. The van der Waals surface area contributed by atoms with Crippen molar-refractivity contribution in [2.75, 3.05) is 6.61 Å². The molecule has 0 unspecified atom stereocenters. The van der Waals surface area contributed by atoms with Crippen LogP contribution in [-0.4, -0.2) is 11.5 Å². The van der Waals surface area contributed by atoms with Crippen molar-refractivity contribution >= 4 is 0 Å². The normalized spacial score (nSPS) is 10.8. The van der Waals surface area contributed by atoms with Gasteiger partial charge in [0, 0.05) is 10.9 Å². The van der Waals surface area contributed by atoms with Gasteiger partial charge in [-0.15, -0.1) is 0 Å². The molecule has 0 aliphatic rings. The minimum absolute atomic E-state index is 0.441. The highest BCUT2D eigenvalue weighted by Crippen LogP contribution is 1.92. The molecule has 0 saturated heterocycles. The quantitative estimate of drug-likeness (QED) is 0.501. The van der Waals surface area contributed by atoms with Gasteiger partial charge in [-0.3, -0.25) is 0 Å². The first-order valence-corrected chi connectivity index (χ1v) is 4.97. The molecule has 0 N–H and O–H groups in total. The molecule has 74 valence electrons. The zero-order valence-electron chi connectivity index (χ0n) is 8.73. The Hall–Kier alpha value is -0.990. The van der Waals surface area contributed by atoms with Crippen LogP contribution in [-0.2, 0) is 0 Å². The van der Waals surface area contributed by atoms with E-state index < -0.39 is 0 Å². The third kappa shape index (κ3) is 2.76. The van der Waals surface area contributed by atoms with Gasteiger partial charge in [0.2, 0.25) is 0 Å². The summed E-state index contributed by atoms with van der Waals surface area (Å²) in [5.74, 6) is 0. The average Bonchev–Trinajstić information content (AvgIpc) is 2.53. The van der Waals surface area contributed by atoms with Crippen molar-refractivity contribution in [3.63, 3.8) is 0 Å². The molecule has 0 aliphatic carbocycles. The van der Waals surface area contributed by atoms with E-state index in [0.29, 0.717) is 6.04 Å². The Kier molecular flexibility index (Phi) is 3.80. The van der Waals surface area contributed by atoms with Crippen molar-refractivity contribution in [1.82, 2.24) is 4.85 Å². The highest BCUT2D eigenvalue weighted by molar-refractivity contribution is 4.69. The van der Waals surface area contributed by atoms with Gasteiger partial charge in [0.25, 0.3) is 0 Å². The van der Waals surface area contributed by atoms with Gasteiger partial charge in [0.1, 0.15) is 12.8 Å². The highest BCUT2D eigenvalue weighted by Gasteiger charge is 2.12. The van der Waals surface area contributed by atoms with Crippen LogP contribution in [0.15, 0.2) is 18.5 Å². The van der Waals surface area contributed by atoms with Gasteiger partial charge in [-0.05, 0) is 20.3 Å². The molecule has 0 atom stereocenters. The lowest BCUT2D eigenvalue weighted by atomic mass is 10.4. The average molecular weight is 183 g/mol. The van der Waals surface area contributed by atoms with Crippen LogP contribution in [0.1, 0.15) is 39.7 Å². The summed E-state index contributed by atoms with van der Waals surface area (Å²) in [5, 5.41) is 0. The Morgan fingerprint density at radius 2 is 2.23 bits per heavy atom. The van der Waals surface area contributed by atoms with Crippen molar-refractivity contribution in [3.05, 3.63) is 18.5 Å². The van der Waals surface area contributed by atoms with Crippen LogP contribution in [0.2, 0.25) is 0 Å². The van der Waals surface area contributed by atoms with Crippen LogP contribution in [0, 0.1) is 0 Å². The van der Waals surface area contributed by atoms with Crippen molar-refractivity contribution < 1.29 is 9.52 Å². The zero-order chi connectivity index (χ0) is 9.68. The van der Waals surface area contributed by atoms with Crippen LogP contribution in [0.4, 0.5) is 0 Å². The predicted molar refractivity (Wildman–Crippen MR) is 51.4 cm³/mol. The van der Waals surface area contributed by atoms with Gasteiger partial charge in [-0.2, -0.15) is 0 Å². The summed E-state index contributed by atoms with van der Waals surface area (Å²) in [6.45, 7) is 7.23. The number of hydrogen-bond donors (Lipinski definition) is 0. The van der Waals surface area contributed by atoms with Crippen LogP contribution >= 0.6 is 0 Å². The molecule has 0 bridgehead atoms. The van der Waals surface area contributed by atoms with Gasteiger partial charge < -0.3 is 4.84 Å². The first kappa shape index (κ1) is 10.1. The predicted octanol–water partition coefficient (Wildman–Crippen LogP) is 1.59. The van der Waals surface area contributed by atoms with Crippen molar-refractivity contribution in [2.45, 2.75) is 39.7 Å². The van der Waals surface area contributed by atoms with E-state index in [0.717, 1.165) is 13.0 Å². The lowest BCUT2D eigenvalue weighted by molar-refractivity contribution is -0.814. The molecule has 0 saturated carbocycles. The minimum Gasteiger partial charge on any atom is -0.369 e. The van der Waals surface area contributed by atoms with E-state index in [1.165, 1.54) is 6.42 Å². The molecule has 3 heteroatoms. The van der Waals surface area contributed by atoms with Crippen LogP contribution in [0.5, 0.6) is 0 Å². The fourth-order valence-electron chi connectivity index (χ4n) is 1.15. The maximum Gasteiger partial charge on any atom is 0.199 e. The summed E-state index contributed by atoms with van der Waals surface area (Å²) in [6, 6.07) is 2.43. The smallest absolute Gasteiger partial charge is 0.199 e. The standard InChI is InChI=1S/C10H19N2O/c1-4-5-9-13-12-8-6-7-11(12)10(2)3/h6-8,10H,4-5,9H2,1-3H3/q+1. The second kappa shape index (κ2) is 4.90. The van der Waals surface area contributed by atoms with E-state index in [4.69, 9.17) is 4.84 Å². The molecular weight excluding hydrogens is 164 g/mol. The summed E-state index contributed by atoms with van der Waals surface area (Å²) in [5.41, 5.74) is 0. The monoisotopic (exact) mass is 183 g/mol. The molecule has 0 aliphatic heterocycles. The minimum atomic E-state index is 0.441. The molecule has 0 aromatic carbocycles. The number of aromatic nitrogens is 2. The molecule has 0 spiro atoms. The number of nitrogens with zero attached hydrogens (tertiary/aromatic N) is 2. The first-order chi connectivity index (χ1) is 6.25. The van der Waals surface area contributed by atoms with Crippen LogP contribution in [0.3, 0.4) is 0 Å². The first-order valence-electron chi connectivity index (χ1n) is 4.97. The van der Waals surface area contributed by atoms with Gasteiger partial charge in [0.05, 0.1) is 0 Å². The second-order valence-corrected chi connectivity index (χ2v) is 3.45. The maximum atomic E-state index is 5.56. The molecule has 1 rings (SSSR count). The Morgan fingerprint density at radius 3 is 2.85 bits per heavy atom. The summed E-state index contributed by atoms with van der Waals surface area (Å²) in [6.07, 6.45) is 6.24. The molecule has 1 aromatic rings. The van der Waals surface area contributed by atoms with E-state index in [1.54, 1.807) is 4.85 Å². The second-order valence-electron chi connectivity index (χ2n) is 3.45. The zero-order valence-corrected chi connectivity index (χ0v) is 8.73. The summed E-state index contributed by atoms with van der Waals surface area (Å²) in [4.78, 5) is 7.36. The molecule has 13 heavy (non-hydrogen) atoms. The Morgan fingerprint density at radius 1 is 1.46 bits per heavy atom. The lowest BCUT2D eigenvalue weighted by Crippen LogP contribution is -2.47. The Labute approximate surface area is 79.9 Å². The molecular formula is C10H19N2O+. The van der Waals surface area contributed by atoms with Crippen molar-refractivity contribution in [1.29, 1.82) is 0 Å². The van der Waals surface area contributed by atoms with E-state index in [-0.39, 0.29) is 0 Å². The number of rotatable bonds is 5. The molecule has 0 radical (unpaired) electrons. The molecule has 0 fully saturated rings. The third-order valence-electron chi connectivity index (χ3n) is 1.93. The maximum absolute atomic E-state index is 5.56. The van der Waals surface area contributed by atoms with Crippen LogP contribution < -0.4 is 9.52 Å². The van der Waals surface area contributed by atoms with Crippen molar-refractivity contribution in [3.8, 4) is 0 Å². The number of hydrogen-bond acceptors (Lipinski definition) is 1. The van der Waals surface area contributed by atoms with E-state index in [1.807, 2.05) is 18.5 Å². The molecule has 1 aromatic heterocycles. The van der Waals surface area contributed by atoms with Gasteiger partial charge in [-0.1, -0.05) is 18.0 Å². The topological polar surface area (TPSA) is 18.0 Å². The van der Waals surface area contributed by atoms with Gasteiger partial charge >= 0.3 is 0 Å². The summed E-state index contributed by atoms with van der Waals surface area (Å²) in [7, 11) is 0. The Bertz CT molecular complexity index is 243.